The monoisotopic (exact) mass is 276 g/mol. The lowest BCUT2D eigenvalue weighted by Crippen LogP contribution is -2.13. The summed E-state index contributed by atoms with van der Waals surface area (Å²) >= 11 is 0. The van der Waals surface area contributed by atoms with Gasteiger partial charge in [0, 0.05) is 0 Å². The van der Waals surface area contributed by atoms with Crippen LogP contribution in [0.2, 0.25) is 0 Å². The van der Waals surface area contributed by atoms with Gasteiger partial charge in [-0.2, -0.15) is 5.10 Å². The van der Waals surface area contributed by atoms with Gasteiger partial charge >= 0.3 is 6.09 Å². The maximum Gasteiger partial charge on any atom is 0.425 e. The Labute approximate surface area is 120 Å². The zero-order valence-electron chi connectivity index (χ0n) is 12.1. The van der Waals surface area contributed by atoms with E-state index in [0.717, 1.165) is 12.0 Å². The molecule has 1 rings (SSSR count). The van der Waals surface area contributed by atoms with Crippen LogP contribution in [0.5, 0.6) is 0 Å². The summed E-state index contributed by atoms with van der Waals surface area (Å²) in [4.78, 5) is 10.2. The molecule has 0 heterocycles. The summed E-state index contributed by atoms with van der Waals surface area (Å²) in [5.41, 5.74) is 4.17. The minimum atomic E-state index is -1.15. The van der Waals surface area contributed by atoms with Gasteiger partial charge in [-0.05, 0) is 24.0 Å². The van der Waals surface area contributed by atoms with E-state index in [0.29, 0.717) is 0 Å². The third-order valence-corrected chi connectivity index (χ3v) is 3.17. The molecular weight excluding hydrogens is 252 g/mol. The van der Waals surface area contributed by atoms with Crippen LogP contribution in [0.15, 0.2) is 29.4 Å². The molecule has 1 aromatic carbocycles. The molecule has 4 heteroatoms. The number of hydrazone groups is 1. The topological polar surface area (TPSA) is 61.7 Å². The number of aryl methyl sites for hydroxylation is 1. The third-order valence-electron chi connectivity index (χ3n) is 3.17. The number of nitrogens with one attached hydrogen (secondary N) is 1. The van der Waals surface area contributed by atoms with E-state index in [-0.39, 0.29) is 0 Å². The summed E-state index contributed by atoms with van der Waals surface area (Å²) in [6.45, 7) is 2.23. The standard InChI is InChI=1S/C16H24N2O2/c1-2-3-4-5-6-7-8-14-9-11-15(12-10-14)13-17-18-16(19)20/h9-13,18H,2-8H2,1H3,(H,19,20). The second kappa shape index (κ2) is 10.0. The highest BCUT2D eigenvalue weighted by atomic mass is 16.4. The molecule has 1 aromatic rings. The van der Waals surface area contributed by atoms with Gasteiger partial charge in [0.2, 0.25) is 0 Å². The van der Waals surface area contributed by atoms with Gasteiger partial charge in [0.1, 0.15) is 0 Å². The van der Waals surface area contributed by atoms with Crippen LogP contribution in [0.1, 0.15) is 56.6 Å². The molecule has 0 spiro atoms. The predicted molar refractivity (Wildman–Crippen MR) is 82.3 cm³/mol. The summed E-state index contributed by atoms with van der Waals surface area (Å²) < 4.78 is 0. The van der Waals surface area contributed by atoms with Crippen LogP contribution in [0.4, 0.5) is 4.79 Å². The second-order valence-electron chi connectivity index (χ2n) is 4.93. The molecule has 0 aliphatic rings. The number of unbranched alkanes of at least 4 members (excludes halogenated alkanes) is 5. The van der Waals surface area contributed by atoms with E-state index >= 15 is 0 Å². The van der Waals surface area contributed by atoms with Crippen LogP contribution in [-0.2, 0) is 6.42 Å². The molecule has 0 radical (unpaired) electrons. The largest absolute Gasteiger partial charge is 0.464 e. The maximum absolute atomic E-state index is 10.2. The maximum atomic E-state index is 10.2. The fourth-order valence-corrected chi connectivity index (χ4v) is 2.04. The number of nitrogens with zero attached hydrogens (tertiary/aromatic N) is 1. The van der Waals surface area contributed by atoms with Crippen molar-refractivity contribution in [2.45, 2.75) is 51.9 Å². The van der Waals surface area contributed by atoms with E-state index < -0.39 is 6.09 Å². The van der Waals surface area contributed by atoms with Gasteiger partial charge in [0.15, 0.2) is 0 Å². The first-order valence-electron chi connectivity index (χ1n) is 7.33. The lowest BCUT2D eigenvalue weighted by molar-refractivity contribution is 0.195. The number of carbonyl (C=O) groups is 1. The Bertz CT molecular complexity index is 413. The summed E-state index contributed by atoms with van der Waals surface area (Å²) in [6.07, 6.45) is 9.31. The van der Waals surface area contributed by atoms with E-state index in [1.54, 1.807) is 0 Å². The molecule has 0 aliphatic carbocycles. The van der Waals surface area contributed by atoms with Gasteiger partial charge in [-0.1, -0.05) is 63.3 Å². The van der Waals surface area contributed by atoms with Crippen LogP contribution in [0.25, 0.3) is 0 Å². The van der Waals surface area contributed by atoms with E-state index in [1.165, 1.54) is 50.3 Å². The van der Waals surface area contributed by atoms with Crippen molar-refractivity contribution < 1.29 is 9.90 Å². The SMILES string of the molecule is CCCCCCCCc1ccc(C=NNC(=O)O)cc1. The lowest BCUT2D eigenvalue weighted by Gasteiger charge is -2.02. The Morgan fingerprint density at radius 2 is 1.80 bits per heavy atom. The van der Waals surface area contributed by atoms with E-state index in [2.05, 4.69) is 24.2 Å². The molecule has 0 atom stereocenters. The first kappa shape index (κ1) is 16.2. The molecule has 20 heavy (non-hydrogen) atoms. The fraction of sp³-hybridized carbons (Fsp3) is 0.500. The smallest absolute Gasteiger partial charge is 0.425 e. The van der Waals surface area contributed by atoms with Crippen molar-refractivity contribution in [2.75, 3.05) is 0 Å². The molecule has 0 fully saturated rings. The first-order valence-corrected chi connectivity index (χ1v) is 7.33. The molecule has 0 unspecified atom stereocenters. The van der Waals surface area contributed by atoms with Gasteiger partial charge in [-0.3, -0.25) is 0 Å². The fourth-order valence-electron chi connectivity index (χ4n) is 2.04. The normalized spacial score (nSPS) is 10.8. The summed E-state index contributed by atoms with van der Waals surface area (Å²) in [5.74, 6) is 0. The average molecular weight is 276 g/mol. The molecule has 0 aromatic heterocycles. The summed E-state index contributed by atoms with van der Waals surface area (Å²) in [7, 11) is 0. The van der Waals surface area contributed by atoms with E-state index in [9.17, 15) is 4.79 Å². The Morgan fingerprint density at radius 3 is 2.45 bits per heavy atom. The Kier molecular flexibility index (Phi) is 8.11. The minimum Gasteiger partial charge on any atom is -0.464 e. The summed E-state index contributed by atoms with van der Waals surface area (Å²) in [6, 6.07) is 8.07. The Balaban J connectivity index is 2.24. The number of benzene rings is 1. The molecule has 0 saturated heterocycles. The second-order valence-corrected chi connectivity index (χ2v) is 4.93. The molecule has 2 N–H and O–H groups in total. The molecular formula is C16H24N2O2. The zero-order valence-corrected chi connectivity index (χ0v) is 12.1. The van der Waals surface area contributed by atoms with Crippen molar-refractivity contribution >= 4 is 12.3 Å². The number of rotatable bonds is 9. The van der Waals surface area contributed by atoms with Crippen LogP contribution in [-0.4, -0.2) is 17.4 Å². The van der Waals surface area contributed by atoms with Crippen molar-refractivity contribution in [3.63, 3.8) is 0 Å². The van der Waals surface area contributed by atoms with Crippen molar-refractivity contribution in [2.24, 2.45) is 5.10 Å². The van der Waals surface area contributed by atoms with Gasteiger partial charge < -0.3 is 5.11 Å². The predicted octanol–water partition coefficient (Wildman–Crippen LogP) is 4.19. The van der Waals surface area contributed by atoms with Crippen molar-refractivity contribution in [1.82, 2.24) is 5.43 Å². The Hall–Kier alpha value is -1.84. The van der Waals surface area contributed by atoms with Crippen LogP contribution >= 0.6 is 0 Å². The molecule has 0 aliphatic heterocycles. The molecule has 110 valence electrons. The van der Waals surface area contributed by atoms with Gasteiger partial charge in [-0.25, -0.2) is 10.2 Å². The minimum absolute atomic E-state index is 0.894. The van der Waals surface area contributed by atoms with Crippen LogP contribution in [0.3, 0.4) is 0 Å². The molecule has 0 saturated carbocycles. The van der Waals surface area contributed by atoms with Gasteiger partial charge in [0.25, 0.3) is 0 Å². The lowest BCUT2D eigenvalue weighted by atomic mass is 10.0. The van der Waals surface area contributed by atoms with E-state index in [4.69, 9.17) is 5.11 Å². The third kappa shape index (κ3) is 7.56. The number of hydrogen-bond acceptors (Lipinski definition) is 2. The average Bonchev–Trinajstić information content (AvgIpc) is 2.44. The van der Waals surface area contributed by atoms with Crippen LogP contribution < -0.4 is 5.43 Å². The highest BCUT2D eigenvalue weighted by molar-refractivity contribution is 5.80. The van der Waals surface area contributed by atoms with Crippen molar-refractivity contribution in [1.29, 1.82) is 0 Å². The zero-order chi connectivity index (χ0) is 14.6. The van der Waals surface area contributed by atoms with Crippen molar-refractivity contribution in [3.05, 3.63) is 35.4 Å². The Morgan fingerprint density at radius 1 is 1.15 bits per heavy atom. The van der Waals surface area contributed by atoms with Gasteiger partial charge in [-0.15, -0.1) is 0 Å². The summed E-state index contributed by atoms with van der Waals surface area (Å²) in [5, 5.41) is 12.0. The number of amides is 1. The van der Waals surface area contributed by atoms with Crippen molar-refractivity contribution in [3.8, 4) is 0 Å². The quantitative estimate of drug-likeness (QED) is 0.403. The molecule has 4 nitrogen and oxygen atoms in total. The molecule has 0 bridgehead atoms. The highest BCUT2D eigenvalue weighted by Gasteiger charge is 1.95. The van der Waals surface area contributed by atoms with E-state index in [1.807, 2.05) is 17.6 Å². The highest BCUT2D eigenvalue weighted by Crippen LogP contribution is 2.10. The number of hydrogen-bond donors (Lipinski definition) is 2. The molecule has 1 amide bonds. The van der Waals surface area contributed by atoms with Crippen LogP contribution in [0, 0.1) is 0 Å². The van der Waals surface area contributed by atoms with Gasteiger partial charge in [0.05, 0.1) is 6.21 Å². The number of carboxylic acid groups (broad SMARTS) is 1. The first-order chi connectivity index (χ1) is 9.72.